The van der Waals surface area contributed by atoms with Crippen LogP contribution in [-0.2, 0) is 4.79 Å². The van der Waals surface area contributed by atoms with E-state index in [1.807, 2.05) is 62.5 Å². The normalized spacial score (nSPS) is 11.1. The lowest BCUT2D eigenvalue weighted by atomic mass is 10.2. The summed E-state index contributed by atoms with van der Waals surface area (Å²) in [6.07, 6.45) is 1.95. The van der Waals surface area contributed by atoms with Gasteiger partial charge in [-0.2, -0.15) is 5.10 Å². The van der Waals surface area contributed by atoms with Crippen molar-refractivity contribution in [3.63, 3.8) is 0 Å². The van der Waals surface area contributed by atoms with Crippen molar-refractivity contribution >= 4 is 34.1 Å². The SMILES string of the molecule is CC(C)C(=O)Nc1ccc2cn(-c3ccc(Cl)cc3)nc2c1. The van der Waals surface area contributed by atoms with E-state index < -0.39 is 0 Å². The molecular formula is C17H16ClN3O. The van der Waals surface area contributed by atoms with E-state index in [0.29, 0.717) is 5.02 Å². The van der Waals surface area contributed by atoms with Crippen molar-refractivity contribution in [3.8, 4) is 5.69 Å². The van der Waals surface area contributed by atoms with E-state index in [1.54, 1.807) is 4.68 Å². The highest BCUT2D eigenvalue weighted by Gasteiger charge is 2.09. The third kappa shape index (κ3) is 2.97. The van der Waals surface area contributed by atoms with E-state index in [1.165, 1.54) is 0 Å². The minimum atomic E-state index is -0.0534. The standard InChI is InChI=1S/C17H16ClN3O/c1-11(2)17(22)19-14-6-3-12-10-21(20-16(12)9-14)15-7-4-13(18)5-8-15/h3-11H,1-2H3,(H,19,22). The van der Waals surface area contributed by atoms with Crippen molar-refractivity contribution in [1.82, 2.24) is 9.78 Å². The van der Waals surface area contributed by atoms with Crippen LogP contribution in [0.5, 0.6) is 0 Å². The quantitative estimate of drug-likeness (QED) is 0.784. The second-order valence-corrected chi connectivity index (χ2v) is 5.90. The van der Waals surface area contributed by atoms with E-state index in [2.05, 4.69) is 10.4 Å². The van der Waals surface area contributed by atoms with Crippen LogP contribution in [0, 0.1) is 5.92 Å². The number of aromatic nitrogens is 2. The molecule has 0 bridgehead atoms. The summed E-state index contributed by atoms with van der Waals surface area (Å²) in [5, 5.41) is 9.14. The van der Waals surface area contributed by atoms with Crippen LogP contribution in [-0.4, -0.2) is 15.7 Å². The minimum absolute atomic E-state index is 0.00326. The monoisotopic (exact) mass is 313 g/mol. The molecule has 1 heterocycles. The van der Waals surface area contributed by atoms with Gasteiger partial charge in [0.15, 0.2) is 0 Å². The van der Waals surface area contributed by atoms with E-state index in [9.17, 15) is 4.79 Å². The van der Waals surface area contributed by atoms with Crippen molar-refractivity contribution < 1.29 is 4.79 Å². The predicted molar refractivity (Wildman–Crippen MR) is 89.5 cm³/mol. The van der Waals surface area contributed by atoms with Gasteiger partial charge in [-0.3, -0.25) is 4.79 Å². The number of carbonyl (C=O) groups excluding carboxylic acids is 1. The topological polar surface area (TPSA) is 46.9 Å². The maximum absolute atomic E-state index is 11.8. The van der Waals surface area contributed by atoms with Gasteiger partial charge in [0.1, 0.15) is 0 Å². The van der Waals surface area contributed by atoms with Gasteiger partial charge in [0.05, 0.1) is 11.2 Å². The molecule has 4 nitrogen and oxygen atoms in total. The molecule has 0 aliphatic heterocycles. The van der Waals surface area contributed by atoms with Crippen molar-refractivity contribution in [2.75, 3.05) is 5.32 Å². The summed E-state index contributed by atoms with van der Waals surface area (Å²) in [6, 6.07) is 13.2. The first kappa shape index (κ1) is 14.6. The molecule has 0 radical (unpaired) electrons. The molecule has 1 aromatic heterocycles. The molecule has 2 aromatic carbocycles. The van der Waals surface area contributed by atoms with Gasteiger partial charge in [0.2, 0.25) is 5.91 Å². The third-order valence-corrected chi connectivity index (χ3v) is 3.64. The van der Waals surface area contributed by atoms with Crippen LogP contribution in [0.2, 0.25) is 5.02 Å². The Morgan fingerprint density at radius 3 is 2.59 bits per heavy atom. The Morgan fingerprint density at radius 2 is 1.91 bits per heavy atom. The second kappa shape index (κ2) is 5.81. The van der Waals surface area contributed by atoms with Crippen molar-refractivity contribution in [2.24, 2.45) is 5.92 Å². The molecule has 0 saturated heterocycles. The van der Waals surface area contributed by atoms with Crippen molar-refractivity contribution in [3.05, 3.63) is 53.7 Å². The second-order valence-electron chi connectivity index (χ2n) is 5.47. The van der Waals surface area contributed by atoms with Gasteiger partial charge < -0.3 is 5.32 Å². The Balaban J connectivity index is 1.93. The van der Waals surface area contributed by atoms with E-state index in [4.69, 9.17) is 11.6 Å². The van der Waals surface area contributed by atoms with Gasteiger partial charge in [-0.05, 0) is 42.5 Å². The van der Waals surface area contributed by atoms with Crippen LogP contribution in [0.25, 0.3) is 16.6 Å². The molecule has 0 unspecified atom stereocenters. The van der Waals surface area contributed by atoms with Crippen LogP contribution in [0.1, 0.15) is 13.8 Å². The van der Waals surface area contributed by atoms with Crippen LogP contribution in [0.3, 0.4) is 0 Å². The van der Waals surface area contributed by atoms with Gasteiger partial charge >= 0.3 is 0 Å². The van der Waals surface area contributed by atoms with E-state index in [-0.39, 0.29) is 11.8 Å². The van der Waals surface area contributed by atoms with E-state index >= 15 is 0 Å². The Morgan fingerprint density at radius 1 is 1.18 bits per heavy atom. The van der Waals surface area contributed by atoms with Crippen LogP contribution >= 0.6 is 11.6 Å². The van der Waals surface area contributed by atoms with E-state index in [0.717, 1.165) is 22.3 Å². The highest BCUT2D eigenvalue weighted by atomic mass is 35.5. The first-order chi connectivity index (χ1) is 10.5. The number of halogens is 1. The number of nitrogens with one attached hydrogen (secondary N) is 1. The third-order valence-electron chi connectivity index (χ3n) is 3.39. The number of rotatable bonds is 3. The first-order valence-corrected chi connectivity index (χ1v) is 7.47. The number of carbonyl (C=O) groups is 1. The van der Waals surface area contributed by atoms with Gasteiger partial charge in [-0.1, -0.05) is 25.4 Å². The molecule has 3 rings (SSSR count). The zero-order valence-electron chi connectivity index (χ0n) is 12.4. The van der Waals surface area contributed by atoms with Gasteiger partial charge in [0.25, 0.3) is 0 Å². The molecular weight excluding hydrogens is 298 g/mol. The molecule has 1 amide bonds. The highest BCUT2D eigenvalue weighted by Crippen LogP contribution is 2.21. The number of fused-ring (bicyclic) bond motifs is 1. The zero-order chi connectivity index (χ0) is 15.7. The summed E-state index contributed by atoms with van der Waals surface area (Å²) in [6.45, 7) is 3.73. The molecule has 112 valence electrons. The van der Waals surface area contributed by atoms with Crippen molar-refractivity contribution in [2.45, 2.75) is 13.8 Å². The van der Waals surface area contributed by atoms with Gasteiger partial charge in [-0.15, -0.1) is 0 Å². The molecule has 1 N–H and O–H groups in total. The summed E-state index contributed by atoms with van der Waals surface area (Å²) in [4.78, 5) is 11.8. The maximum atomic E-state index is 11.8. The number of nitrogens with zero attached hydrogens (tertiary/aromatic N) is 2. The number of anilines is 1. The summed E-state index contributed by atoms with van der Waals surface area (Å²) >= 11 is 5.90. The zero-order valence-corrected chi connectivity index (χ0v) is 13.1. The Labute approximate surface area is 133 Å². The smallest absolute Gasteiger partial charge is 0.226 e. The number of hydrogen-bond donors (Lipinski definition) is 1. The fraction of sp³-hybridized carbons (Fsp3) is 0.176. The molecule has 0 saturated carbocycles. The summed E-state index contributed by atoms with van der Waals surface area (Å²) in [5.74, 6) is -0.0567. The van der Waals surface area contributed by atoms with Crippen molar-refractivity contribution in [1.29, 1.82) is 0 Å². The molecule has 0 atom stereocenters. The fourth-order valence-electron chi connectivity index (χ4n) is 2.11. The molecule has 3 aromatic rings. The van der Waals surface area contributed by atoms with Gasteiger partial charge in [0, 0.05) is 28.2 Å². The highest BCUT2D eigenvalue weighted by molar-refractivity contribution is 6.30. The molecule has 22 heavy (non-hydrogen) atoms. The lowest BCUT2D eigenvalue weighted by molar-refractivity contribution is -0.118. The van der Waals surface area contributed by atoms with Gasteiger partial charge in [-0.25, -0.2) is 4.68 Å². The maximum Gasteiger partial charge on any atom is 0.226 e. The number of amides is 1. The van der Waals surface area contributed by atoms with Crippen LogP contribution in [0.4, 0.5) is 5.69 Å². The summed E-state index contributed by atoms with van der Waals surface area (Å²) in [5.41, 5.74) is 2.53. The molecule has 5 heteroatoms. The first-order valence-electron chi connectivity index (χ1n) is 7.09. The average Bonchev–Trinajstić information content (AvgIpc) is 2.91. The molecule has 0 spiro atoms. The summed E-state index contributed by atoms with van der Waals surface area (Å²) in [7, 11) is 0. The average molecular weight is 314 g/mol. The number of benzene rings is 2. The minimum Gasteiger partial charge on any atom is -0.326 e. The number of hydrogen-bond acceptors (Lipinski definition) is 2. The molecule has 0 fully saturated rings. The van der Waals surface area contributed by atoms with Crippen LogP contribution in [0.15, 0.2) is 48.7 Å². The predicted octanol–water partition coefficient (Wildman–Crippen LogP) is 4.27. The fourth-order valence-corrected chi connectivity index (χ4v) is 2.23. The lowest BCUT2D eigenvalue weighted by Crippen LogP contribution is -2.17. The molecule has 0 aliphatic rings. The Kier molecular flexibility index (Phi) is 3.86. The lowest BCUT2D eigenvalue weighted by Gasteiger charge is -2.06. The molecule has 0 aliphatic carbocycles. The van der Waals surface area contributed by atoms with Crippen LogP contribution < -0.4 is 5.32 Å². The Bertz CT molecular complexity index is 822. The summed E-state index contributed by atoms with van der Waals surface area (Å²) < 4.78 is 1.80. The Hall–Kier alpha value is -2.33. The largest absolute Gasteiger partial charge is 0.326 e.